The summed E-state index contributed by atoms with van der Waals surface area (Å²) in [6, 6.07) is 2.16. The van der Waals surface area contributed by atoms with Gasteiger partial charge in [0.25, 0.3) is 0 Å². The Morgan fingerprint density at radius 2 is 2.25 bits per heavy atom. The van der Waals surface area contributed by atoms with E-state index in [-0.39, 0.29) is 0 Å². The average Bonchev–Trinajstić information content (AvgIpc) is 2.94. The molecule has 1 aliphatic rings. The summed E-state index contributed by atoms with van der Waals surface area (Å²) in [6.45, 7) is 5.07. The molecule has 2 rings (SSSR count). The number of rotatable bonds is 6. The van der Waals surface area contributed by atoms with Crippen LogP contribution in [0.15, 0.2) is 10.5 Å². The van der Waals surface area contributed by atoms with E-state index >= 15 is 0 Å². The zero-order chi connectivity index (χ0) is 11.5. The first-order chi connectivity index (χ1) is 7.69. The summed E-state index contributed by atoms with van der Waals surface area (Å²) in [7, 11) is 4.12. The third kappa shape index (κ3) is 3.09. The third-order valence-corrected chi connectivity index (χ3v) is 3.10. The molecule has 3 heteroatoms. The first kappa shape index (κ1) is 11.7. The lowest BCUT2D eigenvalue weighted by Gasteiger charge is -2.13. The van der Waals surface area contributed by atoms with Crippen molar-refractivity contribution in [3.05, 3.63) is 23.2 Å². The lowest BCUT2D eigenvalue weighted by molar-refractivity contribution is 0.280. The van der Waals surface area contributed by atoms with E-state index in [4.69, 9.17) is 4.42 Å². The SMILES string of the molecule is CNCc1oc(CN(C)CC2CC2)cc1C. The Morgan fingerprint density at radius 3 is 2.88 bits per heavy atom. The van der Waals surface area contributed by atoms with Crippen molar-refractivity contribution in [2.75, 3.05) is 20.6 Å². The van der Waals surface area contributed by atoms with Crippen molar-refractivity contribution in [1.29, 1.82) is 0 Å². The Kier molecular flexibility index (Phi) is 3.66. The molecule has 1 aromatic heterocycles. The second-order valence-corrected chi connectivity index (χ2v) is 4.99. The van der Waals surface area contributed by atoms with Crippen LogP contribution in [0.5, 0.6) is 0 Å². The van der Waals surface area contributed by atoms with Gasteiger partial charge in [0.05, 0.1) is 13.1 Å². The molecule has 1 heterocycles. The molecule has 0 saturated heterocycles. The number of aryl methyl sites for hydroxylation is 1. The summed E-state index contributed by atoms with van der Waals surface area (Å²) in [5.74, 6) is 3.10. The van der Waals surface area contributed by atoms with Crippen LogP contribution in [-0.2, 0) is 13.1 Å². The number of nitrogens with zero attached hydrogens (tertiary/aromatic N) is 1. The lowest BCUT2D eigenvalue weighted by atomic mass is 10.2. The van der Waals surface area contributed by atoms with Gasteiger partial charge in [0.2, 0.25) is 0 Å². The summed E-state index contributed by atoms with van der Waals surface area (Å²) in [5.41, 5.74) is 1.25. The highest BCUT2D eigenvalue weighted by Crippen LogP contribution is 2.29. The van der Waals surface area contributed by atoms with E-state index in [1.807, 2.05) is 7.05 Å². The Hall–Kier alpha value is -0.800. The second-order valence-electron chi connectivity index (χ2n) is 4.99. The van der Waals surface area contributed by atoms with Crippen LogP contribution in [0.25, 0.3) is 0 Å². The van der Waals surface area contributed by atoms with Crippen LogP contribution in [-0.4, -0.2) is 25.5 Å². The summed E-state index contributed by atoms with van der Waals surface area (Å²) in [5, 5.41) is 3.13. The van der Waals surface area contributed by atoms with E-state index in [0.717, 1.165) is 30.5 Å². The molecule has 0 atom stereocenters. The number of furan rings is 1. The molecular formula is C13H22N2O. The third-order valence-electron chi connectivity index (χ3n) is 3.10. The zero-order valence-corrected chi connectivity index (χ0v) is 10.5. The number of nitrogens with one attached hydrogen (secondary N) is 1. The smallest absolute Gasteiger partial charge is 0.120 e. The Balaban J connectivity index is 1.89. The van der Waals surface area contributed by atoms with Crippen LogP contribution in [0, 0.1) is 12.8 Å². The molecule has 16 heavy (non-hydrogen) atoms. The maximum Gasteiger partial charge on any atom is 0.120 e. The van der Waals surface area contributed by atoms with Gasteiger partial charge in [-0.2, -0.15) is 0 Å². The van der Waals surface area contributed by atoms with E-state index in [0.29, 0.717) is 0 Å². The fourth-order valence-electron chi connectivity index (χ4n) is 2.08. The molecule has 1 aliphatic carbocycles. The van der Waals surface area contributed by atoms with Gasteiger partial charge in [-0.3, -0.25) is 4.90 Å². The average molecular weight is 222 g/mol. The van der Waals surface area contributed by atoms with Gasteiger partial charge in [0, 0.05) is 6.54 Å². The Labute approximate surface area is 97.8 Å². The van der Waals surface area contributed by atoms with E-state index in [9.17, 15) is 0 Å². The van der Waals surface area contributed by atoms with Crippen molar-refractivity contribution < 1.29 is 4.42 Å². The van der Waals surface area contributed by atoms with Crippen molar-refractivity contribution in [1.82, 2.24) is 10.2 Å². The lowest BCUT2D eigenvalue weighted by Crippen LogP contribution is -2.20. The summed E-state index contributed by atoms with van der Waals surface area (Å²) < 4.78 is 5.82. The fraction of sp³-hybridized carbons (Fsp3) is 0.692. The highest BCUT2D eigenvalue weighted by molar-refractivity contribution is 5.19. The van der Waals surface area contributed by atoms with Crippen molar-refractivity contribution >= 4 is 0 Å². The number of hydrogen-bond donors (Lipinski definition) is 1. The minimum Gasteiger partial charge on any atom is -0.463 e. The molecule has 0 aliphatic heterocycles. The van der Waals surface area contributed by atoms with Crippen LogP contribution in [0.2, 0.25) is 0 Å². The normalized spacial score (nSPS) is 16.0. The van der Waals surface area contributed by atoms with E-state index < -0.39 is 0 Å². The standard InChI is InChI=1S/C13H22N2O/c1-10-6-12(16-13(10)7-14-2)9-15(3)8-11-4-5-11/h6,11,14H,4-5,7-9H2,1-3H3. The first-order valence-corrected chi connectivity index (χ1v) is 6.10. The minimum absolute atomic E-state index is 0.818. The van der Waals surface area contributed by atoms with Gasteiger partial charge in [0.15, 0.2) is 0 Å². The van der Waals surface area contributed by atoms with Gasteiger partial charge in [-0.15, -0.1) is 0 Å². The van der Waals surface area contributed by atoms with Crippen LogP contribution in [0.3, 0.4) is 0 Å². The van der Waals surface area contributed by atoms with Crippen LogP contribution in [0.1, 0.15) is 29.9 Å². The predicted molar refractivity (Wildman–Crippen MR) is 65.3 cm³/mol. The van der Waals surface area contributed by atoms with E-state index in [1.165, 1.54) is 24.9 Å². The Morgan fingerprint density at radius 1 is 1.50 bits per heavy atom. The molecule has 1 aromatic rings. The monoisotopic (exact) mass is 222 g/mol. The molecule has 0 spiro atoms. The van der Waals surface area contributed by atoms with Crippen molar-refractivity contribution in [3.8, 4) is 0 Å². The largest absolute Gasteiger partial charge is 0.463 e. The molecule has 0 amide bonds. The van der Waals surface area contributed by atoms with Crippen molar-refractivity contribution in [2.24, 2.45) is 5.92 Å². The van der Waals surface area contributed by atoms with Gasteiger partial charge in [-0.25, -0.2) is 0 Å². The maximum absolute atomic E-state index is 5.82. The van der Waals surface area contributed by atoms with Gasteiger partial charge >= 0.3 is 0 Å². The molecule has 1 fully saturated rings. The molecule has 3 nitrogen and oxygen atoms in total. The number of hydrogen-bond acceptors (Lipinski definition) is 3. The summed E-state index contributed by atoms with van der Waals surface area (Å²) in [6.07, 6.45) is 2.82. The van der Waals surface area contributed by atoms with Crippen LogP contribution >= 0.6 is 0 Å². The Bertz CT molecular complexity index is 342. The van der Waals surface area contributed by atoms with Crippen molar-refractivity contribution in [2.45, 2.75) is 32.9 Å². The van der Waals surface area contributed by atoms with Crippen LogP contribution in [0.4, 0.5) is 0 Å². The summed E-state index contributed by atoms with van der Waals surface area (Å²) in [4.78, 5) is 2.36. The zero-order valence-electron chi connectivity index (χ0n) is 10.5. The topological polar surface area (TPSA) is 28.4 Å². The highest BCUT2D eigenvalue weighted by atomic mass is 16.3. The van der Waals surface area contributed by atoms with E-state index in [1.54, 1.807) is 0 Å². The molecular weight excluding hydrogens is 200 g/mol. The predicted octanol–water partition coefficient (Wildman–Crippen LogP) is 2.15. The molecule has 90 valence electrons. The molecule has 0 aromatic carbocycles. The molecule has 0 radical (unpaired) electrons. The van der Waals surface area contributed by atoms with Gasteiger partial charge in [-0.05, 0) is 51.4 Å². The molecule has 0 unspecified atom stereocenters. The molecule has 1 N–H and O–H groups in total. The van der Waals surface area contributed by atoms with Gasteiger partial charge in [-0.1, -0.05) is 0 Å². The van der Waals surface area contributed by atoms with Gasteiger partial charge in [0.1, 0.15) is 11.5 Å². The fourth-order valence-corrected chi connectivity index (χ4v) is 2.08. The highest BCUT2D eigenvalue weighted by Gasteiger charge is 2.23. The minimum atomic E-state index is 0.818. The quantitative estimate of drug-likeness (QED) is 0.799. The van der Waals surface area contributed by atoms with E-state index in [2.05, 4.69) is 30.3 Å². The maximum atomic E-state index is 5.82. The molecule has 0 bridgehead atoms. The second kappa shape index (κ2) is 5.02. The first-order valence-electron chi connectivity index (χ1n) is 6.10. The molecule has 1 saturated carbocycles. The van der Waals surface area contributed by atoms with Crippen molar-refractivity contribution in [3.63, 3.8) is 0 Å². The van der Waals surface area contributed by atoms with Gasteiger partial charge < -0.3 is 9.73 Å². The summed E-state index contributed by atoms with van der Waals surface area (Å²) >= 11 is 0. The van der Waals surface area contributed by atoms with Crippen LogP contribution < -0.4 is 5.32 Å².